The van der Waals surface area contributed by atoms with Crippen LogP contribution in [-0.4, -0.2) is 19.0 Å². The van der Waals surface area contributed by atoms with Crippen molar-refractivity contribution in [1.82, 2.24) is 10.6 Å². The van der Waals surface area contributed by atoms with Gasteiger partial charge in [0.1, 0.15) is 11.3 Å². The number of benzene rings is 1. The van der Waals surface area contributed by atoms with Gasteiger partial charge in [0.05, 0.1) is 6.54 Å². The van der Waals surface area contributed by atoms with E-state index in [0.29, 0.717) is 12.6 Å². The molecule has 0 saturated heterocycles. The SMILES string of the molecule is CN=C(NCc1cc2ccccc2o1)NC1CCCC1.I. The van der Waals surface area contributed by atoms with Crippen LogP contribution in [0.25, 0.3) is 11.0 Å². The first-order valence-electron chi connectivity index (χ1n) is 7.30. The van der Waals surface area contributed by atoms with E-state index in [2.05, 4.69) is 27.8 Å². The van der Waals surface area contributed by atoms with Crippen molar-refractivity contribution in [3.05, 3.63) is 36.1 Å². The molecule has 0 spiro atoms. The molecule has 4 nitrogen and oxygen atoms in total. The van der Waals surface area contributed by atoms with E-state index >= 15 is 0 Å². The summed E-state index contributed by atoms with van der Waals surface area (Å²) in [6, 6.07) is 10.7. The Kier molecular flexibility index (Phi) is 5.90. The van der Waals surface area contributed by atoms with Gasteiger partial charge in [-0.05, 0) is 25.0 Å². The average molecular weight is 399 g/mol. The largest absolute Gasteiger partial charge is 0.459 e. The fraction of sp³-hybridized carbons (Fsp3) is 0.438. The molecule has 0 amide bonds. The number of hydrogen-bond acceptors (Lipinski definition) is 2. The molecule has 0 unspecified atom stereocenters. The van der Waals surface area contributed by atoms with Crippen molar-refractivity contribution in [3.63, 3.8) is 0 Å². The molecule has 114 valence electrons. The molecule has 0 bridgehead atoms. The van der Waals surface area contributed by atoms with Crippen molar-refractivity contribution >= 4 is 40.9 Å². The number of hydrogen-bond donors (Lipinski definition) is 2. The van der Waals surface area contributed by atoms with Crippen LogP contribution in [0.1, 0.15) is 31.4 Å². The Hall–Kier alpha value is -1.24. The highest BCUT2D eigenvalue weighted by Crippen LogP contribution is 2.19. The smallest absolute Gasteiger partial charge is 0.191 e. The van der Waals surface area contributed by atoms with Gasteiger partial charge in [0.25, 0.3) is 0 Å². The molecule has 1 saturated carbocycles. The van der Waals surface area contributed by atoms with Crippen LogP contribution in [-0.2, 0) is 6.54 Å². The molecule has 3 rings (SSSR count). The van der Waals surface area contributed by atoms with Crippen molar-refractivity contribution in [3.8, 4) is 0 Å². The van der Waals surface area contributed by atoms with Crippen molar-refractivity contribution in [2.24, 2.45) is 4.99 Å². The van der Waals surface area contributed by atoms with Crippen LogP contribution in [0.2, 0.25) is 0 Å². The molecule has 0 radical (unpaired) electrons. The van der Waals surface area contributed by atoms with Gasteiger partial charge < -0.3 is 15.1 Å². The Morgan fingerprint density at radius 1 is 1.29 bits per heavy atom. The topological polar surface area (TPSA) is 49.6 Å². The lowest BCUT2D eigenvalue weighted by Gasteiger charge is -2.16. The molecule has 1 aromatic carbocycles. The molecule has 1 aliphatic carbocycles. The van der Waals surface area contributed by atoms with Gasteiger partial charge in [0.2, 0.25) is 0 Å². The number of nitrogens with one attached hydrogen (secondary N) is 2. The predicted octanol–water partition coefficient (Wildman–Crippen LogP) is 3.66. The number of halogens is 1. The van der Waals surface area contributed by atoms with Crippen molar-refractivity contribution < 1.29 is 4.42 Å². The first kappa shape index (κ1) is 16.1. The van der Waals surface area contributed by atoms with E-state index in [4.69, 9.17) is 4.42 Å². The minimum Gasteiger partial charge on any atom is -0.459 e. The average Bonchev–Trinajstić information content (AvgIpc) is 3.12. The van der Waals surface area contributed by atoms with Crippen LogP contribution in [0.5, 0.6) is 0 Å². The van der Waals surface area contributed by atoms with Gasteiger partial charge in [0, 0.05) is 18.5 Å². The van der Waals surface area contributed by atoms with E-state index in [9.17, 15) is 0 Å². The summed E-state index contributed by atoms with van der Waals surface area (Å²) in [7, 11) is 1.81. The Balaban J connectivity index is 0.00000161. The first-order chi connectivity index (χ1) is 9.85. The summed E-state index contributed by atoms with van der Waals surface area (Å²) in [6.07, 6.45) is 5.12. The fourth-order valence-corrected chi connectivity index (χ4v) is 2.75. The van der Waals surface area contributed by atoms with Gasteiger partial charge in [-0.25, -0.2) is 0 Å². The Labute approximate surface area is 142 Å². The third-order valence-corrected chi connectivity index (χ3v) is 3.83. The van der Waals surface area contributed by atoms with Crippen LogP contribution in [0, 0.1) is 0 Å². The maximum atomic E-state index is 5.79. The zero-order chi connectivity index (χ0) is 13.8. The van der Waals surface area contributed by atoms with Crippen molar-refractivity contribution in [1.29, 1.82) is 0 Å². The van der Waals surface area contributed by atoms with E-state index in [0.717, 1.165) is 22.7 Å². The van der Waals surface area contributed by atoms with Gasteiger partial charge in [-0.1, -0.05) is 31.0 Å². The Morgan fingerprint density at radius 2 is 2.05 bits per heavy atom. The first-order valence-corrected chi connectivity index (χ1v) is 7.30. The highest BCUT2D eigenvalue weighted by molar-refractivity contribution is 14.0. The third-order valence-electron chi connectivity index (χ3n) is 3.83. The quantitative estimate of drug-likeness (QED) is 0.471. The molecule has 2 N–H and O–H groups in total. The molecule has 0 atom stereocenters. The lowest BCUT2D eigenvalue weighted by atomic mass is 10.2. The summed E-state index contributed by atoms with van der Waals surface area (Å²) in [6.45, 7) is 0.654. The highest BCUT2D eigenvalue weighted by Gasteiger charge is 2.15. The predicted molar refractivity (Wildman–Crippen MR) is 97.2 cm³/mol. The summed E-state index contributed by atoms with van der Waals surface area (Å²) in [4.78, 5) is 4.27. The summed E-state index contributed by atoms with van der Waals surface area (Å²) < 4.78 is 5.79. The maximum Gasteiger partial charge on any atom is 0.191 e. The van der Waals surface area contributed by atoms with Gasteiger partial charge in [-0.3, -0.25) is 4.99 Å². The molecule has 1 heterocycles. The molecule has 1 aliphatic rings. The third kappa shape index (κ3) is 4.12. The molecule has 1 aromatic heterocycles. The van der Waals surface area contributed by atoms with E-state index in [1.165, 1.54) is 25.7 Å². The molecule has 1 fully saturated rings. The summed E-state index contributed by atoms with van der Waals surface area (Å²) in [5, 5.41) is 7.93. The summed E-state index contributed by atoms with van der Waals surface area (Å²) in [5.74, 6) is 1.79. The lowest BCUT2D eigenvalue weighted by Crippen LogP contribution is -2.41. The zero-order valence-corrected chi connectivity index (χ0v) is 14.6. The van der Waals surface area contributed by atoms with Gasteiger partial charge >= 0.3 is 0 Å². The number of rotatable bonds is 3. The van der Waals surface area contributed by atoms with Crippen LogP contribution < -0.4 is 10.6 Å². The number of fused-ring (bicyclic) bond motifs is 1. The van der Waals surface area contributed by atoms with Gasteiger partial charge in [0.15, 0.2) is 5.96 Å². The number of nitrogens with zero attached hydrogens (tertiary/aromatic N) is 1. The summed E-state index contributed by atoms with van der Waals surface area (Å²) in [5.41, 5.74) is 0.933. The Morgan fingerprint density at radius 3 is 2.76 bits per heavy atom. The van der Waals surface area contributed by atoms with Crippen LogP contribution in [0.15, 0.2) is 39.7 Å². The van der Waals surface area contributed by atoms with Crippen molar-refractivity contribution in [2.45, 2.75) is 38.3 Å². The minimum atomic E-state index is 0. The highest BCUT2D eigenvalue weighted by atomic mass is 127. The lowest BCUT2D eigenvalue weighted by molar-refractivity contribution is 0.534. The second-order valence-corrected chi connectivity index (χ2v) is 5.30. The zero-order valence-electron chi connectivity index (χ0n) is 12.3. The van der Waals surface area contributed by atoms with Crippen LogP contribution in [0.4, 0.5) is 0 Å². The Bertz CT molecular complexity index is 569. The summed E-state index contributed by atoms with van der Waals surface area (Å²) >= 11 is 0. The standard InChI is InChI=1S/C16H21N3O.HI/c1-17-16(19-13-7-3-4-8-13)18-11-14-10-12-6-2-5-9-15(12)20-14;/h2,5-6,9-10,13H,3-4,7-8,11H2,1H3,(H2,17,18,19);1H. The minimum absolute atomic E-state index is 0. The molecule has 5 heteroatoms. The maximum absolute atomic E-state index is 5.79. The van der Waals surface area contributed by atoms with E-state index in [1.807, 2.05) is 25.2 Å². The number of guanidine groups is 1. The van der Waals surface area contributed by atoms with E-state index in [1.54, 1.807) is 0 Å². The van der Waals surface area contributed by atoms with E-state index in [-0.39, 0.29) is 24.0 Å². The molecular formula is C16H22IN3O. The molecule has 0 aliphatic heterocycles. The second kappa shape index (κ2) is 7.68. The number of para-hydroxylation sites is 1. The molecule has 21 heavy (non-hydrogen) atoms. The molecular weight excluding hydrogens is 377 g/mol. The number of furan rings is 1. The van der Waals surface area contributed by atoms with E-state index < -0.39 is 0 Å². The monoisotopic (exact) mass is 399 g/mol. The fourth-order valence-electron chi connectivity index (χ4n) is 2.75. The second-order valence-electron chi connectivity index (χ2n) is 5.30. The van der Waals surface area contributed by atoms with Gasteiger partial charge in [-0.15, -0.1) is 24.0 Å². The van der Waals surface area contributed by atoms with Gasteiger partial charge in [-0.2, -0.15) is 0 Å². The van der Waals surface area contributed by atoms with Crippen LogP contribution in [0.3, 0.4) is 0 Å². The number of aliphatic imine (C=N–C) groups is 1. The van der Waals surface area contributed by atoms with Crippen molar-refractivity contribution in [2.75, 3.05) is 7.05 Å². The molecule has 2 aromatic rings. The normalized spacial score (nSPS) is 16.0. The van der Waals surface area contributed by atoms with Crippen LogP contribution >= 0.6 is 24.0 Å².